The highest BCUT2D eigenvalue weighted by Gasteiger charge is 2.27. The number of unbranched alkanes of at least 4 members (excludes halogenated alkanes) is 1. The van der Waals surface area contributed by atoms with Crippen LogP contribution in [0.15, 0.2) is 18.2 Å². The minimum absolute atomic E-state index is 0.216. The first-order valence-electron chi connectivity index (χ1n) is 7.58. The first kappa shape index (κ1) is 19.6. The molecule has 0 aliphatic heterocycles. The number of carbonyl (C=O) groups excluding carboxylic acids is 1. The average Bonchev–Trinajstić information content (AvgIpc) is 2.41. The fourth-order valence-electron chi connectivity index (χ4n) is 1.73. The van der Waals surface area contributed by atoms with Gasteiger partial charge in [-0.15, -0.1) is 0 Å². The lowest BCUT2D eigenvalue weighted by Crippen LogP contribution is -2.39. The summed E-state index contributed by atoms with van der Waals surface area (Å²) < 4.78 is 38.7. The number of hydrogen-bond donors (Lipinski definition) is 2. The molecule has 0 fully saturated rings. The zero-order valence-corrected chi connectivity index (χ0v) is 14.9. The zero-order chi connectivity index (χ0) is 17.7. The Labute approximate surface area is 137 Å². The van der Waals surface area contributed by atoms with Crippen molar-refractivity contribution in [3.63, 3.8) is 0 Å². The van der Waals surface area contributed by atoms with Crippen LogP contribution in [-0.4, -0.2) is 25.6 Å². The monoisotopic (exact) mass is 344 g/mol. The van der Waals surface area contributed by atoms with E-state index in [0.29, 0.717) is 30.6 Å². The molecule has 0 saturated heterocycles. The van der Waals surface area contributed by atoms with Gasteiger partial charge in [-0.2, -0.15) is 0 Å². The number of halogens is 1. The van der Waals surface area contributed by atoms with Crippen LogP contribution in [-0.2, 0) is 14.8 Å². The number of benzene rings is 1. The Balaban J connectivity index is 2.31. The molecule has 0 aliphatic carbocycles. The molecule has 1 amide bonds. The van der Waals surface area contributed by atoms with Gasteiger partial charge < -0.3 is 5.32 Å². The van der Waals surface area contributed by atoms with E-state index < -0.39 is 14.8 Å². The molecule has 23 heavy (non-hydrogen) atoms. The topological polar surface area (TPSA) is 75.3 Å². The van der Waals surface area contributed by atoms with Gasteiger partial charge in [0.15, 0.2) is 0 Å². The largest absolute Gasteiger partial charge is 0.326 e. The minimum Gasteiger partial charge on any atom is -0.326 e. The summed E-state index contributed by atoms with van der Waals surface area (Å²) in [5.41, 5.74) is 0.945. The quantitative estimate of drug-likeness (QED) is 0.747. The summed E-state index contributed by atoms with van der Waals surface area (Å²) in [6, 6.07) is 4.53. The number of aryl methyl sites for hydroxylation is 1. The van der Waals surface area contributed by atoms with E-state index in [9.17, 15) is 17.6 Å². The van der Waals surface area contributed by atoms with Crippen molar-refractivity contribution in [3.8, 4) is 0 Å². The maximum atomic E-state index is 13.4. The first-order chi connectivity index (χ1) is 10.5. The van der Waals surface area contributed by atoms with Gasteiger partial charge in [0.25, 0.3) is 0 Å². The van der Waals surface area contributed by atoms with Crippen LogP contribution in [0.25, 0.3) is 0 Å². The van der Waals surface area contributed by atoms with Gasteiger partial charge in [0.05, 0.1) is 4.75 Å². The normalized spacial score (nSPS) is 12.2. The number of anilines is 1. The third kappa shape index (κ3) is 6.27. The summed E-state index contributed by atoms with van der Waals surface area (Å²) in [7, 11) is -3.35. The third-order valence-electron chi connectivity index (χ3n) is 3.38. The van der Waals surface area contributed by atoms with Gasteiger partial charge in [-0.1, -0.05) is 6.07 Å². The second-order valence-corrected chi connectivity index (χ2v) is 9.00. The molecule has 1 aromatic rings. The Morgan fingerprint density at radius 1 is 1.22 bits per heavy atom. The molecule has 0 radical (unpaired) electrons. The van der Waals surface area contributed by atoms with Crippen LogP contribution in [0.2, 0.25) is 0 Å². The molecule has 0 atom stereocenters. The highest BCUT2D eigenvalue weighted by Crippen LogP contribution is 2.15. The molecule has 0 saturated carbocycles. The molecule has 0 aliphatic rings. The summed E-state index contributed by atoms with van der Waals surface area (Å²) in [6.07, 6.45) is 1.37. The Hall–Kier alpha value is -1.47. The lowest BCUT2D eigenvalue weighted by Gasteiger charge is -2.19. The van der Waals surface area contributed by atoms with E-state index in [4.69, 9.17) is 0 Å². The highest BCUT2D eigenvalue weighted by atomic mass is 32.2. The molecule has 130 valence electrons. The minimum atomic E-state index is -3.35. The van der Waals surface area contributed by atoms with Gasteiger partial charge in [-0.25, -0.2) is 17.5 Å². The van der Waals surface area contributed by atoms with E-state index in [1.165, 1.54) is 6.07 Å². The molecule has 0 heterocycles. The van der Waals surface area contributed by atoms with Gasteiger partial charge >= 0.3 is 0 Å². The van der Waals surface area contributed by atoms with Crippen LogP contribution in [0.4, 0.5) is 10.1 Å². The Morgan fingerprint density at radius 3 is 2.43 bits per heavy atom. The lowest BCUT2D eigenvalue weighted by atomic mass is 10.2. The van der Waals surface area contributed by atoms with Gasteiger partial charge in [0.1, 0.15) is 5.82 Å². The number of amides is 1. The zero-order valence-electron chi connectivity index (χ0n) is 14.1. The van der Waals surface area contributed by atoms with E-state index >= 15 is 0 Å². The SMILES string of the molecule is Cc1ccc(NC(=O)CCCCNS(=O)(=O)C(C)(C)C)cc1F. The van der Waals surface area contributed by atoms with Crippen molar-refractivity contribution >= 4 is 21.6 Å². The van der Waals surface area contributed by atoms with Crippen molar-refractivity contribution in [1.82, 2.24) is 4.72 Å². The summed E-state index contributed by atoms with van der Waals surface area (Å²) >= 11 is 0. The Kier molecular flexibility index (Phi) is 6.70. The number of hydrogen-bond acceptors (Lipinski definition) is 3. The summed E-state index contributed by atoms with van der Waals surface area (Å²) in [5, 5.41) is 2.62. The smallest absolute Gasteiger partial charge is 0.224 e. The van der Waals surface area contributed by atoms with Crippen LogP contribution in [0.1, 0.15) is 45.6 Å². The standard InChI is InChI=1S/C16H25FN2O3S/c1-12-8-9-13(11-14(12)17)19-15(20)7-5-6-10-18-23(21,22)16(2,3)4/h8-9,11,18H,5-7,10H2,1-4H3,(H,19,20). The predicted octanol–water partition coefficient (Wildman–Crippen LogP) is 2.96. The van der Waals surface area contributed by atoms with Crippen LogP contribution in [0.3, 0.4) is 0 Å². The highest BCUT2D eigenvalue weighted by molar-refractivity contribution is 7.90. The van der Waals surface area contributed by atoms with Gasteiger partial charge in [0, 0.05) is 18.7 Å². The molecule has 2 N–H and O–H groups in total. The number of nitrogens with one attached hydrogen (secondary N) is 2. The van der Waals surface area contributed by atoms with Crippen molar-refractivity contribution in [2.75, 3.05) is 11.9 Å². The summed E-state index contributed by atoms with van der Waals surface area (Å²) in [5.74, 6) is -0.577. The Bertz CT molecular complexity index is 652. The summed E-state index contributed by atoms with van der Waals surface area (Å²) in [4.78, 5) is 11.8. The van der Waals surface area contributed by atoms with Crippen molar-refractivity contribution < 1.29 is 17.6 Å². The van der Waals surface area contributed by atoms with Crippen molar-refractivity contribution in [3.05, 3.63) is 29.6 Å². The van der Waals surface area contributed by atoms with E-state index in [1.54, 1.807) is 39.8 Å². The van der Waals surface area contributed by atoms with Crippen LogP contribution >= 0.6 is 0 Å². The first-order valence-corrected chi connectivity index (χ1v) is 9.06. The van der Waals surface area contributed by atoms with Crippen molar-refractivity contribution in [2.45, 2.75) is 51.7 Å². The number of rotatable bonds is 7. The molecule has 0 spiro atoms. The van der Waals surface area contributed by atoms with Crippen molar-refractivity contribution in [1.29, 1.82) is 0 Å². The maximum Gasteiger partial charge on any atom is 0.224 e. The van der Waals surface area contributed by atoms with Gasteiger partial charge in [0.2, 0.25) is 15.9 Å². The van der Waals surface area contributed by atoms with Crippen LogP contribution in [0.5, 0.6) is 0 Å². The molecular formula is C16H25FN2O3S. The number of carbonyl (C=O) groups is 1. The summed E-state index contributed by atoms with van der Waals surface area (Å²) in [6.45, 7) is 6.84. The third-order valence-corrected chi connectivity index (χ3v) is 5.58. The average molecular weight is 344 g/mol. The molecule has 1 rings (SSSR count). The fraction of sp³-hybridized carbons (Fsp3) is 0.562. The van der Waals surface area contributed by atoms with E-state index in [-0.39, 0.29) is 18.1 Å². The molecule has 0 aromatic heterocycles. The van der Waals surface area contributed by atoms with Gasteiger partial charge in [-0.05, 0) is 58.2 Å². The van der Waals surface area contributed by atoms with Crippen LogP contribution < -0.4 is 10.0 Å². The van der Waals surface area contributed by atoms with E-state index in [1.807, 2.05) is 0 Å². The van der Waals surface area contributed by atoms with Crippen molar-refractivity contribution in [2.24, 2.45) is 0 Å². The van der Waals surface area contributed by atoms with E-state index in [2.05, 4.69) is 10.0 Å². The Morgan fingerprint density at radius 2 is 1.87 bits per heavy atom. The van der Waals surface area contributed by atoms with Crippen LogP contribution in [0, 0.1) is 12.7 Å². The number of sulfonamides is 1. The molecule has 0 bridgehead atoms. The second-order valence-electron chi connectivity index (χ2n) is 6.48. The molecule has 1 aromatic carbocycles. The van der Waals surface area contributed by atoms with Gasteiger partial charge in [-0.3, -0.25) is 4.79 Å². The molecule has 0 unspecified atom stereocenters. The fourth-order valence-corrected chi connectivity index (χ4v) is 2.57. The molecule has 7 heteroatoms. The lowest BCUT2D eigenvalue weighted by molar-refractivity contribution is -0.116. The predicted molar refractivity (Wildman–Crippen MR) is 90.3 cm³/mol. The second kappa shape index (κ2) is 7.88. The molecule has 5 nitrogen and oxygen atoms in total. The maximum absolute atomic E-state index is 13.4. The molecular weight excluding hydrogens is 319 g/mol. The van der Waals surface area contributed by atoms with E-state index in [0.717, 1.165) is 0 Å².